The van der Waals surface area contributed by atoms with Gasteiger partial charge >= 0.3 is 0 Å². The minimum absolute atomic E-state index is 0.116. The molecule has 0 saturated heterocycles. The number of rotatable bonds is 10. The molecule has 0 bridgehead atoms. The fourth-order valence-corrected chi connectivity index (χ4v) is 4.77. The maximum Gasteiger partial charge on any atom is 0.249 e. The lowest BCUT2D eigenvalue weighted by Crippen LogP contribution is -2.45. The van der Waals surface area contributed by atoms with Crippen LogP contribution < -0.4 is 15.5 Å². The van der Waals surface area contributed by atoms with E-state index in [9.17, 15) is 18.8 Å². The van der Waals surface area contributed by atoms with Crippen LogP contribution in [0.25, 0.3) is 11.0 Å². The zero-order chi connectivity index (χ0) is 31.2. The van der Waals surface area contributed by atoms with Gasteiger partial charge in [0.05, 0.1) is 10.5 Å². The molecule has 0 spiro atoms. The quantitative estimate of drug-likeness (QED) is 0.204. The molecular weight excluding hydrogens is 583 g/mol. The van der Waals surface area contributed by atoms with Crippen LogP contribution in [0.2, 0.25) is 5.02 Å². The zero-order valence-corrected chi connectivity index (χ0v) is 24.8. The van der Waals surface area contributed by atoms with Gasteiger partial charge < -0.3 is 10.6 Å². The number of hydrogen-bond acceptors (Lipinski definition) is 5. The van der Waals surface area contributed by atoms with Gasteiger partial charge in [0.1, 0.15) is 23.9 Å². The lowest BCUT2D eigenvalue weighted by Gasteiger charge is -2.32. The van der Waals surface area contributed by atoms with Gasteiger partial charge in [0.2, 0.25) is 17.7 Å². The monoisotopic (exact) mass is 612 g/mol. The van der Waals surface area contributed by atoms with E-state index in [0.29, 0.717) is 22.4 Å². The van der Waals surface area contributed by atoms with Crippen LogP contribution in [0.4, 0.5) is 15.8 Å². The Bertz CT molecular complexity index is 1790. The molecule has 0 radical (unpaired) electrons. The Kier molecular flexibility index (Phi) is 9.30. The van der Waals surface area contributed by atoms with E-state index >= 15 is 0 Å². The average molecular weight is 613 g/mol. The number of para-hydroxylation sites is 1. The van der Waals surface area contributed by atoms with Crippen molar-refractivity contribution in [2.75, 3.05) is 10.2 Å². The van der Waals surface area contributed by atoms with Crippen molar-refractivity contribution in [3.05, 3.63) is 119 Å². The van der Waals surface area contributed by atoms with Crippen LogP contribution >= 0.6 is 11.6 Å². The summed E-state index contributed by atoms with van der Waals surface area (Å²) in [6.45, 7) is 3.48. The predicted octanol–water partition coefficient (Wildman–Crippen LogP) is 5.91. The summed E-state index contributed by atoms with van der Waals surface area (Å²) in [4.78, 5) is 41.8. The first-order valence-corrected chi connectivity index (χ1v) is 14.4. The van der Waals surface area contributed by atoms with Crippen molar-refractivity contribution in [1.29, 1.82) is 0 Å². The summed E-state index contributed by atoms with van der Waals surface area (Å²) in [6, 6.07) is 25.7. The Morgan fingerprint density at radius 2 is 1.61 bits per heavy atom. The van der Waals surface area contributed by atoms with Crippen molar-refractivity contribution in [2.24, 2.45) is 5.92 Å². The molecule has 11 heteroatoms. The highest BCUT2D eigenvalue weighted by molar-refractivity contribution is 6.30. The Hall–Kier alpha value is -5.09. The molecule has 5 aromatic rings. The Labute approximate surface area is 258 Å². The highest BCUT2D eigenvalue weighted by atomic mass is 35.5. The minimum atomic E-state index is -1.29. The van der Waals surface area contributed by atoms with Crippen molar-refractivity contribution >= 4 is 51.7 Å². The molecule has 9 nitrogen and oxygen atoms in total. The van der Waals surface area contributed by atoms with Gasteiger partial charge in [-0.3, -0.25) is 19.3 Å². The smallest absolute Gasteiger partial charge is 0.249 e. The molecule has 1 aromatic heterocycles. The molecule has 0 aliphatic carbocycles. The second-order valence-electron chi connectivity index (χ2n) is 10.5. The standard InChI is InChI=1S/C33H30ClFN6O3/c1-21(2)32(43)37-24-13-15-25(16-14-24)41(30(42)20-40-29-11-7-6-10-28(29)38-39-40)31(23-12-17-26(34)27(35)18-23)33(44)36-19-22-8-4-3-5-9-22/h3-18,21,31H,19-20H2,1-2H3,(H,36,44)(H,37,43)/t31-/m0/s1. The normalized spacial score (nSPS) is 11.8. The van der Waals surface area contributed by atoms with Gasteiger partial charge in [0, 0.05) is 23.8 Å². The number of aromatic nitrogens is 3. The van der Waals surface area contributed by atoms with Crippen LogP contribution in [-0.2, 0) is 27.5 Å². The van der Waals surface area contributed by atoms with Gasteiger partial charge in [0.25, 0.3) is 0 Å². The largest absolute Gasteiger partial charge is 0.350 e. The fourth-order valence-electron chi connectivity index (χ4n) is 4.65. The molecular formula is C33H30ClFN6O3. The van der Waals surface area contributed by atoms with E-state index in [-0.39, 0.29) is 35.5 Å². The van der Waals surface area contributed by atoms with Gasteiger partial charge in [-0.05, 0) is 59.7 Å². The van der Waals surface area contributed by atoms with Crippen LogP contribution in [0.5, 0.6) is 0 Å². The molecule has 0 unspecified atom stereocenters. The third kappa shape index (κ3) is 6.92. The molecule has 44 heavy (non-hydrogen) atoms. The van der Waals surface area contributed by atoms with Crippen LogP contribution in [0, 0.1) is 11.7 Å². The van der Waals surface area contributed by atoms with Crippen LogP contribution in [0.15, 0.2) is 97.1 Å². The van der Waals surface area contributed by atoms with E-state index in [0.717, 1.165) is 11.6 Å². The van der Waals surface area contributed by atoms with Gasteiger partial charge in [0.15, 0.2) is 0 Å². The number of benzene rings is 4. The molecule has 4 aromatic carbocycles. The van der Waals surface area contributed by atoms with Crippen LogP contribution in [0.3, 0.4) is 0 Å². The Balaban J connectivity index is 1.56. The summed E-state index contributed by atoms with van der Waals surface area (Å²) in [5.41, 5.74) is 3.16. The van der Waals surface area contributed by atoms with E-state index in [2.05, 4.69) is 20.9 Å². The maximum absolute atomic E-state index is 14.8. The molecule has 5 rings (SSSR count). The summed E-state index contributed by atoms with van der Waals surface area (Å²) in [7, 11) is 0. The van der Waals surface area contributed by atoms with Crippen molar-refractivity contribution in [2.45, 2.75) is 33.0 Å². The van der Waals surface area contributed by atoms with Crippen molar-refractivity contribution in [1.82, 2.24) is 20.3 Å². The van der Waals surface area contributed by atoms with Gasteiger partial charge in [-0.25, -0.2) is 9.07 Å². The highest BCUT2D eigenvalue weighted by Gasteiger charge is 2.34. The summed E-state index contributed by atoms with van der Waals surface area (Å²) in [5.74, 6) is -2.17. The number of nitrogens with one attached hydrogen (secondary N) is 2. The summed E-state index contributed by atoms with van der Waals surface area (Å²) in [6.07, 6.45) is 0. The van der Waals surface area contributed by atoms with Crippen molar-refractivity contribution in [3.63, 3.8) is 0 Å². The number of amides is 3. The molecule has 3 amide bonds. The average Bonchev–Trinajstić information content (AvgIpc) is 3.43. The number of carbonyl (C=O) groups excluding carboxylic acids is 3. The van der Waals surface area contributed by atoms with Gasteiger partial charge in [-0.2, -0.15) is 0 Å². The number of anilines is 2. The number of nitrogens with zero attached hydrogens (tertiary/aromatic N) is 4. The second-order valence-corrected chi connectivity index (χ2v) is 10.9. The molecule has 2 N–H and O–H groups in total. The third-order valence-electron chi connectivity index (χ3n) is 6.99. The highest BCUT2D eigenvalue weighted by Crippen LogP contribution is 2.31. The molecule has 0 saturated carbocycles. The lowest BCUT2D eigenvalue weighted by atomic mass is 10.0. The molecule has 0 fully saturated rings. The van der Waals surface area contributed by atoms with E-state index in [1.54, 1.807) is 50.2 Å². The number of carbonyl (C=O) groups is 3. The predicted molar refractivity (Wildman–Crippen MR) is 167 cm³/mol. The van der Waals surface area contributed by atoms with Gasteiger partial charge in [-0.1, -0.05) is 79.2 Å². The van der Waals surface area contributed by atoms with Gasteiger partial charge in [-0.15, -0.1) is 5.10 Å². The van der Waals surface area contributed by atoms with Crippen LogP contribution in [-0.4, -0.2) is 32.7 Å². The SMILES string of the molecule is CC(C)C(=O)Nc1ccc(N(C(=O)Cn2nnc3ccccc32)[C@H](C(=O)NCc2ccccc2)c2ccc(Cl)c(F)c2)cc1. The third-order valence-corrected chi connectivity index (χ3v) is 7.29. The zero-order valence-electron chi connectivity index (χ0n) is 24.1. The number of halogens is 2. The van der Waals surface area contributed by atoms with Crippen LogP contribution in [0.1, 0.15) is 31.0 Å². The van der Waals surface area contributed by atoms with E-state index in [4.69, 9.17) is 11.6 Å². The first kappa shape index (κ1) is 30.4. The first-order chi connectivity index (χ1) is 21.2. The lowest BCUT2D eigenvalue weighted by molar-refractivity contribution is -0.127. The molecule has 1 atom stereocenters. The van der Waals surface area contributed by atoms with E-state index < -0.39 is 23.7 Å². The fraction of sp³-hybridized carbons (Fsp3) is 0.182. The summed E-state index contributed by atoms with van der Waals surface area (Å²) >= 11 is 5.99. The van der Waals surface area contributed by atoms with E-state index in [1.807, 2.05) is 42.5 Å². The topological polar surface area (TPSA) is 109 Å². The first-order valence-electron chi connectivity index (χ1n) is 14.0. The minimum Gasteiger partial charge on any atom is -0.350 e. The van der Waals surface area contributed by atoms with Crippen molar-refractivity contribution in [3.8, 4) is 0 Å². The number of hydrogen-bond donors (Lipinski definition) is 2. The molecule has 224 valence electrons. The Morgan fingerprint density at radius 3 is 2.32 bits per heavy atom. The number of fused-ring (bicyclic) bond motifs is 1. The van der Waals surface area contributed by atoms with E-state index in [1.165, 1.54) is 21.7 Å². The summed E-state index contributed by atoms with van der Waals surface area (Å²) < 4.78 is 16.3. The Morgan fingerprint density at radius 1 is 0.909 bits per heavy atom. The molecule has 0 aliphatic rings. The molecule has 0 aliphatic heterocycles. The second kappa shape index (κ2) is 13.5. The molecule has 1 heterocycles. The summed E-state index contributed by atoms with van der Waals surface area (Å²) in [5, 5.41) is 13.9. The maximum atomic E-state index is 14.8. The van der Waals surface area contributed by atoms with Crippen molar-refractivity contribution < 1.29 is 18.8 Å².